The van der Waals surface area contributed by atoms with Crippen molar-refractivity contribution in [3.8, 4) is 0 Å². The molecule has 3 atom stereocenters. The molecule has 0 spiro atoms. The summed E-state index contributed by atoms with van der Waals surface area (Å²) in [5.74, 6) is 1.92. The van der Waals surface area contributed by atoms with Gasteiger partial charge in [-0.25, -0.2) is 0 Å². The first-order chi connectivity index (χ1) is 9.08. The molecule has 2 nitrogen and oxygen atoms in total. The van der Waals surface area contributed by atoms with E-state index in [0.29, 0.717) is 5.92 Å². The second-order valence-corrected chi connectivity index (χ2v) is 6.36. The maximum Gasteiger partial charge on any atom is 0.0585 e. The third kappa shape index (κ3) is 3.73. The van der Waals surface area contributed by atoms with Crippen molar-refractivity contribution in [1.82, 2.24) is 0 Å². The maximum absolute atomic E-state index is 10.2. The summed E-state index contributed by atoms with van der Waals surface area (Å²) in [4.78, 5) is 2.27. The van der Waals surface area contributed by atoms with Crippen molar-refractivity contribution in [2.45, 2.75) is 39.2 Å². The van der Waals surface area contributed by atoms with Gasteiger partial charge in [0.05, 0.1) is 6.10 Å². The summed E-state index contributed by atoms with van der Waals surface area (Å²) in [6, 6.07) is 10.5. The number of para-hydroxylation sites is 1. The van der Waals surface area contributed by atoms with Crippen LogP contribution in [0, 0.1) is 17.8 Å². The van der Waals surface area contributed by atoms with E-state index in [9.17, 15) is 5.11 Å². The maximum atomic E-state index is 10.2. The number of anilines is 1. The van der Waals surface area contributed by atoms with Crippen molar-refractivity contribution in [3.63, 3.8) is 0 Å². The molecule has 1 N–H and O–H groups in total. The average molecular weight is 261 g/mol. The molecule has 1 aliphatic rings. The van der Waals surface area contributed by atoms with Crippen molar-refractivity contribution in [2.75, 3.05) is 18.5 Å². The Hall–Kier alpha value is -1.02. The van der Waals surface area contributed by atoms with E-state index in [1.165, 1.54) is 12.1 Å². The first kappa shape index (κ1) is 14.4. The van der Waals surface area contributed by atoms with E-state index >= 15 is 0 Å². The van der Waals surface area contributed by atoms with E-state index in [0.717, 1.165) is 31.2 Å². The largest absolute Gasteiger partial charge is 0.393 e. The third-order valence-electron chi connectivity index (χ3n) is 4.63. The molecule has 1 fully saturated rings. The number of benzene rings is 1. The van der Waals surface area contributed by atoms with Crippen LogP contribution in [0.2, 0.25) is 0 Å². The molecule has 3 unspecified atom stereocenters. The lowest BCUT2D eigenvalue weighted by atomic mass is 9.74. The summed E-state index contributed by atoms with van der Waals surface area (Å²) < 4.78 is 0. The van der Waals surface area contributed by atoms with E-state index in [-0.39, 0.29) is 6.10 Å². The van der Waals surface area contributed by atoms with Crippen molar-refractivity contribution >= 4 is 5.69 Å². The van der Waals surface area contributed by atoms with Crippen molar-refractivity contribution in [2.24, 2.45) is 17.8 Å². The molecule has 1 aliphatic carbocycles. The predicted molar refractivity (Wildman–Crippen MR) is 81.4 cm³/mol. The molecule has 1 aromatic rings. The van der Waals surface area contributed by atoms with E-state index in [4.69, 9.17) is 0 Å². The van der Waals surface area contributed by atoms with Gasteiger partial charge in [0, 0.05) is 25.2 Å². The van der Waals surface area contributed by atoms with Crippen LogP contribution in [0.25, 0.3) is 0 Å². The van der Waals surface area contributed by atoms with Gasteiger partial charge in [0.25, 0.3) is 0 Å². The van der Waals surface area contributed by atoms with E-state index in [1.54, 1.807) is 0 Å². The summed E-state index contributed by atoms with van der Waals surface area (Å²) in [5, 5.41) is 10.2. The van der Waals surface area contributed by atoms with Crippen molar-refractivity contribution in [1.29, 1.82) is 0 Å². The second-order valence-electron chi connectivity index (χ2n) is 6.36. The number of hydrogen-bond acceptors (Lipinski definition) is 2. The monoisotopic (exact) mass is 261 g/mol. The fourth-order valence-corrected chi connectivity index (χ4v) is 3.23. The van der Waals surface area contributed by atoms with Gasteiger partial charge in [-0.05, 0) is 43.2 Å². The number of aliphatic hydroxyl groups excluding tert-OH is 1. The van der Waals surface area contributed by atoms with Crippen LogP contribution in [0.5, 0.6) is 0 Å². The Kier molecular flexibility index (Phi) is 4.87. The van der Waals surface area contributed by atoms with E-state index < -0.39 is 0 Å². The molecule has 106 valence electrons. The lowest BCUT2D eigenvalue weighted by molar-refractivity contribution is 0.0414. The summed E-state index contributed by atoms with van der Waals surface area (Å²) in [6.07, 6.45) is 3.19. The van der Waals surface area contributed by atoms with Gasteiger partial charge in [-0.3, -0.25) is 0 Å². The molecular formula is C17H27NO. The molecule has 2 heteroatoms. The smallest absolute Gasteiger partial charge is 0.0585 e. The molecule has 0 saturated heterocycles. The summed E-state index contributed by atoms with van der Waals surface area (Å²) in [7, 11) is 2.13. The Labute approximate surface area is 117 Å². The van der Waals surface area contributed by atoms with Gasteiger partial charge in [-0.15, -0.1) is 0 Å². The van der Waals surface area contributed by atoms with Gasteiger partial charge in [0.2, 0.25) is 0 Å². The van der Waals surface area contributed by atoms with Crippen LogP contribution in [-0.2, 0) is 0 Å². The first-order valence-corrected chi connectivity index (χ1v) is 7.52. The van der Waals surface area contributed by atoms with E-state index in [2.05, 4.69) is 50.1 Å². The van der Waals surface area contributed by atoms with Crippen LogP contribution in [0.1, 0.15) is 33.1 Å². The summed E-state index contributed by atoms with van der Waals surface area (Å²) in [5.41, 5.74) is 1.24. The minimum atomic E-state index is -0.124. The van der Waals surface area contributed by atoms with Crippen LogP contribution in [0.3, 0.4) is 0 Å². The quantitative estimate of drug-likeness (QED) is 0.896. The number of hydrogen-bond donors (Lipinski definition) is 1. The molecule has 1 saturated carbocycles. The van der Waals surface area contributed by atoms with Gasteiger partial charge in [0.1, 0.15) is 0 Å². The average Bonchev–Trinajstić information content (AvgIpc) is 2.42. The Morgan fingerprint density at radius 1 is 1.21 bits per heavy atom. The Morgan fingerprint density at radius 2 is 1.89 bits per heavy atom. The lowest BCUT2D eigenvalue weighted by Gasteiger charge is -2.37. The molecular weight excluding hydrogens is 234 g/mol. The highest BCUT2D eigenvalue weighted by atomic mass is 16.3. The number of rotatable bonds is 4. The molecule has 1 aromatic carbocycles. The van der Waals surface area contributed by atoms with Crippen molar-refractivity contribution < 1.29 is 5.11 Å². The minimum Gasteiger partial charge on any atom is -0.393 e. The first-order valence-electron chi connectivity index (χ1n) is 7.52. The van der Waals surface area contributed by atoms with Crippen LogP contribution in [0.15, 0.2) is 30.3 Å². The van der Waals surface area contributed by atoms with Crippen LogP contribution >= 0.6 is 0 Å². The Morgan fingerprint density at radius 3 is 2.53 bits per heavy atom. The fourth-order valence-electron chi connectivity index (χ4n) is 3.23. The SMILES string of the molecule is CC(C)C1CCC(O)C(CN(C)c2ccccc2)C1. The molecule has 0 aliphatic heterocycles. The molecule has 19 heavy (non-hydrogen) atoms. The fraction of sp³-hybridized carbons (Fsp3) is 0.647. The zero-order valence-electron chi connectivity index (χ0n) is 12.4. The Balaban J connectivity index is 1.97. The van der Waals surface area contributed by atoms with Gasteiger partial charge in [0.15, 0.2) is 0 Å². The Bertz CT molecular complexity index is 376. The highest BCUT2D eigenvalue weighted by molar-refractivity contribution is 5.45. The number of nitrogens with zero attached hydrogens (tertiary/aromatic N) is 1. The highest BCUT2D eigenvalue weighted by Gasteiger charge is 2.31. The molecule has 0 heterocycles. The lowest BCUT2D eigenvalue weighted by Crippen LogP contribution is -2.38. The standard InChI is InChI=1S/C17H27NO/c1-13(2)14-9-10-17(19)15(11-14)12-18(3)16-7-5-4-6-8-16/h4-8,13-15,17,19H,9-12H2,1-3H3. The second kappa shape index (κ2) is 6.42. The van der Waals surface area contributed by atoms with Crippen LogP contribution < -0.4 is 4.90 Å². The van der Waals surface area contributed by atoms with Crippen LogP contribution in [-0.4, -0.2) is 24.8 Å². The molecule has 0 bridgehead atoms. The molecule has 0 aromatic heterocycles. The topological polar surface area (TPSA) is 23.5 Å². The zero-order chi connectivity index (χ0) is 13.8. The zero-order valence-corrected chi connectivity index (χ0v) is 12.4. The van der Waals surface area contributed by atoms with Crippen molar-refractivity contribution in [3.05, 3.63) is 30.3 Å². The predicted octanol–water partition coefficient (Wildman–Crippen LogP) is 3.56. The van der Waals surface area contributed by atoms with E-state index in [1.807, 2.05) is 6.07 Å². The third-order valence-corrected chi connectivity index (χ3v) is 4.63. The van der Waals surface area contributed by atoms with Crippen LogP contribution in [0.4, 0.5) is 5.69 Å². The summed E-state index contributed by atoms with van der Waals surface area (Å²) >= 11 is 0. The van der Waals surface area contributed by atoms with Gasteiger partial charge in [-0.2, -0.15) is 0 Å². The number of aliphatic hydroxyl groups is 1. The van der Waals surface area contributed by atoms with Gasteiger partial charge >= 0.3 is 0 Å². The molecule has 0 radical (unpaired) electrons. The summed E-state index contributed by atoms with van der Waals surface area (Å²) in [6.45, 7) is 5.56. The normalized spacial score (nSPS) is 27.5. The molecule has 0 amide bonds. The van der Waals surface area contributed by atoms with Gasteiger partial charge < -0.3 is 10.0 Å². The molecule has 2 rings (SSSR count). The highest BCUT2D eigenvalue weighted by Crippen LogP contribution is 2.34. The van der Waals surface area contributed by atoms with Gasteiger partial charge in [-0.1, -0.05) is 32.0 Å². The minimum absolute atomic E-state index is 0.124.